The van der Waals surface area contributed by atoms with Crippen LogP contribution in [0, 0.1) is 11.8 Å². The normalized spacial score (nSPS) is 30.0. The topological polar surface area (TPSA) is 122 Å². The number of carbonyl (C=O) groups excluding carboxylic acids is 3. The Morgan fingerprint density at radius 3 is 2.41 bits per heavy atom. The highest BCUT2D eigenvalue weighted by molar-refractivity contribution is 7.92. The van der Waals surface area contributed by atoms with Gasteiger partial charge in [0.05, 0.1) is 11.6 Å². The molecule has 9 nitrogen and oxygen atoms in total. The van der Waals surface area contributed by atoms with E-state index in [0.29, 0.717) is 17.2 Å². The van der Waals surface area contributed by atoms with Crippen LogP contribution in [0.3, 0.4) is 0 Å². The summed E-state index contributed by atoms with van der Waals surface area (Å²) in [5.74, 6) is -0.400. The van der Waals surface area contributed by atoms with Crippen LogP contribution in [-0.4, -0.2) is 73.9 Å². The van der Waals surface area contributed by atoms with Crippen molar-refractivity contribution in [3.05, 3.63) is 29.8 Å². The number of nitrogens with one attached hydrogen (secondary N) is 2. The third-order valence-electron chi connectivity index (χ3n) is 6.94. The van der Waals surface area contributed by atoms with Gasteiger partial charge in [-0.15, -0.1) is 11.6 Å². The summed E-state index contributed by atoms with van der Waals surface area (Å²) in [6.07, 6.45) is 4.04. The fourth-order valence-electron chi connectivity index (χ4n) is 5.13. The number of ether oxygens (including phenoxy) is 1. The van der Waals surface area contributed by atoms with E-state index in [1.54, 1.807) is 0 Å². The first-order chi connectivity index (χ1) is 16.0. The predicted molar refractivity (Wildman–Crippen MR) is 127 cm³/mol. The smallest absolute Gasteiger partial charge is 0.251 e. The van der Waals surface area contributed by atoms with Crippen LogP contribution in [0.15, 0.2) is 24.3 Å². The third kappa shape index (κ3) is 5.39. The maximum Gasteiger partial charge on any atom is 0.251 e. The van der Waals surface area contributed by atoms with Crippen LogP contribution in [0.1, 0.15) is 43.0 Å². The summed E-state index contributed by atoms with van der Waals surface area (Å²) in [6, 6.07) is 4.49. The molecule has 3 fully saturated rings. The number of fused-ring (bicyclic) bond motifs is 1. The van der Waals surface area contributed by atoms with Crippen molar-refractivity contribution in [1.29, 1.82) is 0 Å². The molecule has 1 saturated carbocycles. The van der Waals surface area contributed by atoms with Gasteiger partial charge in [-0.2, -0.15) is 0 Å². The molecule has 34 heavy (non-hydrogen) atoms. The van der Waals surface area contributed by atoms with Gasteiger partial charge in [-0.05, 0) is 48.9 Å². The number of carbonyl (C=O) groups is 3. The molecule has 0 spiro atoms. The van der Waals surface area contributed by atoms with Crippen molar-refractivity contribution in [2.24, 2.45) is 11.8 Å². The van der Waals surface area contributed by atoms with E-state index in [1.165, 1.54) is 29.2 Å². The van der Waals surface area contributed by atoms with Crippen molar-refractivity contribution in [2.45, 2.75) is 56.2 Å². The number of nitrogens with zero attached hydrogens (tertiary/aromatic N) is 1. The van der Waals surface area contributed by atoms with Gasteiger partial charge in [0.1, 0.15) is 24.8 Å². The average Bonchev–Trinajstić information content (AvgIpc) is 3.32. The first-order valence-electron chi connectivity index (χ1n) is 11.5. The van der Waals surface area contributed by atoms with Gasteiger partial charge in [0.2, 0.25) is 15.9 Å². The van der Waals surface area contributed by atoms with Gasteiger partial charge in [0, 0.05) is 17.8 Å². The van der Waals surface area contributed by atoms with E-state index in [0.717, 1.165) is 31.9 Å². The maximum atomic E-state index is 13.7. The molecule has 1 aromatic rings. The maximum absolute atomic E-state index is 13.7. The van der Waals surface area contributed by atoms with Crippen LogP contribution in [0.25, 0.3) is 0 Å². The third-order valence-corrected chi connectivity index (χ3v) is 7.93. The summed E-state index contributed by atoms with van der Waals surface area (Å²) < 4.78 is 30.7. The SMILES string of the molecule is CC1CCC([C@H](NC(=O)c2ccc(NS(C)(=O)=O)cc2)C(=O)N2C[C@H](Cl)[C@H]3OCC(=O)[C@H]32)CC1. The summed E-state index contributed by atoms with van der Waals surface area (Å²) in [6.45, 7) is 2.31. The summed E-state index contributed by atoms with van der Waals surface area (Å²) >= 11 is 6.38. The molecule has 0 radical (unpaired) electrons. The number of hydrogen-bond acceptors (Lipinski definition) is 6. The Kier molecular flexibility index (Phi) is 7.21. The highest BCUT2D eigenvalue weighted by Gasteiger charge is 2.53. The van der Waals surface area contributed by atoms with Gasteiger partial charge < -0.3 is 15.0 Å². The largest absolute Gasteiger partial charge is 0.366 e. The number of amides is 2. The van der Waals surface area contributed by atoms with Crippen molar-refractivity contribution in [3.8, 4) is 0 Å². The monoisotopic (exact) mass is 511 g/mol. The van der Waals surface area contributed by atoms with Gasteiger partial charge in [-0.3, -0.25) is 19.1 Å². The van der Waals surface area contributed by atoms with Gasteiger partial charge in [-0.1, -0.05) is 19.8 Å². The number of hydrogen-bond donors (Lipinski definition) is 2. The zero-order valence-electron chi connectivity index (χ0n) is 19.2. The Bertz CT molecular complexity index is 1050. The lowest BCUT2D eigenvalue weighted by atomic mass is 9.78. The molecule has 4 atom stereocenters. The minimum absolute atomic E-state index is 0.0518. The number of Topliss-reactive ketones (excluding diaryl/α,β-unsaturated/α-hetero) is 1. The fourth-order valence-corrected chi connectivity index (χ4v) is 6.05. The number of anilines is 1. The number of alkyl halides is 1. The standard InChI is InChI=1S/C23H30ClN3O6S/c1-13-3-5-14(6-4-13)19(23(30)27-11-17(24)21-20(27)18(28)12-33-21)25-22(29)15-7-9-16(10-8-15)26-34(2,31)32/h7-10,13-14,17,19-21,26H,3-6,11-12H2,1-2H3,(H,25,29)/t13?,14?,17-,19-,20+,21+/m0/s1. The van der Waals surface area contributed by atoms with E-state index < -0.39 is 39.5 Å². The predicted octanol–water partition coefficient (Wildman–Crippen LogP) is 1.77. The molecule has 3 aliphatic rings. The second-order valence-electron chi connectivity index (χ2n) is 9.62. The molecular weight excluding hydrogens is 482 g/mol. The van der Waals surface area contributed by atoms with Crippen LogP contribution < -0.4 is 10.0 Å². The molecule has 0 aromatic heterocycles. The van der Waals surface area contributed by atoms with Crippen molar-refractivity contribution >= 4 is 44.9 Å². The van der Waals surface area contributed by atoms with Gasteiger partial charge in [0.25, 0.3) is 5.91 Å². The zero-order chi connectivity index (χ0) is 24.6. The summed E-state index contributed by atoms with van der Waals surface area (Å²) in [4.78, 5) is 40.7. The molecular formula is C23H30ClN3O6S. The van der Waals surface area contributed by atoms with Gasteiger partial charge in [-0.25, -0.2) is 8.42 Å². The number of ketones is 1. The molecule has 2 N–H and O–H groups in total. The number of benzene rings is 1. The van der Waals surface area contributed by atoms with Crippen molar-refractivity contribution in [1.82, 2.24) is 10.2 Å². The number of rotatable bonds is 6. The van der Waals surface area contributed by atoms with E-state index in [-0.39, 0.29) is 30.8 Å². The van der Waals surface area contributed by atoms with E-state index in [2.05, 4.69) is 17.0 Å². The Labute approximate surface area is 204 Å². The Hall–Kier alpha value is -2.17. The van der Waals surface area contributed by atoms with Gasteiger partial charge in [0.15, 0.2) is 5.78 Å². The van der Waals surface area contributed by atoms with Gasteiger partial charge >= 0.3 is 0 Å². The highest BCUT2D eigenvalue weighted by Crippen LogP contribution is 2.35. The molecule has 2 heterocycles. The molecule has 0 unspecified atom stereocenters. The Morgan fingerprint density at radius 1 is 1.15 bits per heavy atom. The molecule has 4 rings (SSSR count). The van der Waals surface area contributed by atoms with Crippen molar-refractivity contribution < 1.29 is 27.5 Å². The zero-order valence-corrected chi connectivity index (χ0v) is 20.8. The molecule has 1 aromatic carbocycles. The van der Waals surface area contributed by atoms with E-state index >= 15 is 0 Å². The van der Waals surface area contributed by atoms with Crippen LogP contribution >= 0.6 is 11.6 Å². The Balaban J connectivity index is 1.54. The Morgan fingerprint density at radius 2 is 1.79 bits per heavy atom. The van der Waals surface area contributed by atoms with Crippen LogP contribution in [-0.2, 0) is 24.3 Å². The molecule has 2 saturated heterocycles. The number of sulfonamides is 1. The quantitative estimate of drug-likeness (QED) is 0.561. The second-order valence-corrected chi connectivity index (χ2v) is 11.9. The molecule has 11 heteroatoms. The second kappa shape index (κ2) is 9.83. The average molecular weight is 512 g/mol. The van der Waals surface area contributed by atoms with E-state index in [4.69, 9.17) is 16.3 Å². The lowest BCUT2D eigenvalue weighted by Gasteiger charge is -2.35. The minimum Gasteiger partial charge on any atom is -0.366 e. The first kappa shape index (κ1) is 24.9. The van der Waals surface area contributed by atoms with Crippen LogP contribution in [0.2, 0.25) is 0 Å². The van der Waals surface area contributed by atoms with Crippen molar-refractivity contribution in [2.75, 3.05) is 24.1 Å². The highest BCUT2D eigenvalue weighted by atomic mass is 35.5. The van der Waals surface area contributed by atoms with E-state index in [9.17, 15) is 22.8 Å². The molecule has 1 aliphatic carbocycles. The first-order valence-corrected chi connectivity index (χ1v) is 13.8. The molecule has 2 amide bonds. The molecule has 2 aliphatic heterocycles. The molecule has 0 bridgehead atoms. The van der Waals surface area contributed by atoms with E-state index in [1.807, 2.05) is 0 Å². The van der Waals surface area contributed by atoms with Crippen LogP contribution in [0.4, 0.5) is 5.69 Å². The minimum atomic E-state index is -3.43. The fraction of sp³-hybridized carbons (Fsp3) is 0.609. The van der Waals surface area contributed by atoms with Crippen molar-refractivity contribution in [3.63, 3.8) is 0 Å². The summed E-state index contributed by atoms with van der Waals surface area (Å²) in [5.41, 5.74) is 0.639. The van der Waals surface area contributed by atoms with Crippen LogP contribution in [0.5, 0.6) is 0 Å². The lowest BCUT2D eigenvalue weighted by molar-refractivity contribution is -0.139. The summed E-state index contributed by atoms with van der Waals surface area (Å²) in [7, 11) is -3.43. The number of halogens is 1. The molecule has 186 valence electrons. The number of likely N-dealkylation sites (tertiary alicyclic amines) is 1. The summed E-state index contributed by atoms with van der Waals surface area (Å²) in [5, 5.41) is 2.43. The lowest BCUT2D eigenvalue weighted by Crippen LogP contribution is -2.55.